The number of halogens is 3. The number of benzene rings is 1. The van der Waals surface area contributed by atoms with E-state index in [1.807, 2.05) is 0 Å². The van der Waals surface area contributed by atoms with Crippen molar-refractivity contribution >= 4 is 34.4 Å². The van der Waals surface area contributed by atoms with Gasteiger partial charge in [0.15, 0.2) is 0 Å². The van der Waals surface area contributed by atoms with Crippen LogP contribution in [0.2, 0.25) is 0 Å². The van der Waals surface area contributed by atoms with Gasteiger partial charge >= 0.3 is 6.18 Å². The summed E-state index contributed by atoms with van der Waals surface area (Å²) in [7, 11) is 1.63. The fourth-order valence-corrected chi connectivity index (χ4v) is 4.40. The number of amides is 1. The Morgan fingerprint density at radius 3 is 2.70 bits per heavy atom. The smallest absolute Gasteiger partial charge is 0.417 e. The molecule has 3 N–H and O–H groups in total. The molecule has 11 nitrogen and oxygen atoms in total. The first-order valence-electron chi connectivity index (χ1n) is 12.2. The molecule has 14 heteroatoms. The molecule has 4 heterocycles. The third-order valence-corrected chi connectivity index (χ3v) is 6.39. The van der Waals surface area contributed by atoms with Crippen molar-refractivity contribution in [1.29, 1.82) is 0 Å². The number of hydrogen-bond acceptors (Lipinski definition) is 8. The number of fused-ring (bicyclic) bond motifs is 1. The van der Waals surface area contributed by atoms with Crippen molar-refractivity contribution in [3.05, 3.63) is 64.7 Å². The lowest BCUT2D eigenvalue weighted by molar-refractivity contribution is -0.138. The van der Waals surface area contributed by atoms with E-state index in [4.69, 9.17) is 9.47 Å². The van der Waals surface area contributed by atoms with Crippen molar-refractivity contribution in [3.63, 3.8) is 0 Å². The van der Waals surface area contributed by atoms with Gasteiger partial charge in [-0.15, -0.1) is 0 Å². The number of alkyl halides is 3. The summed E-state index contributed by atoms with van der Waals surface area (Å²) in [6, 6.07) is 7.90. The molecular weight excluding hydrogens is 533 g/mol. The van der Waals surface area contributed by atoms with Crippen molar-refractivity contribution in [2.45, 2.75) is 31.7 Å². The molecule has 0 radical (unpaired) electrons. The Balaban J connectivity index is 1.47. The number of carbonyl (C=O) groups excluding carboxylic acids is 1. The Bertz CT molecular complexity index is 1630. The van der Waals surface area contributed by atoms with Crippen LogP contribution in [0.25, 0.3) is 11.0 Å². The van der Waals surface area contributed by atoms with E-state index in [0.717, 1.165) is 10.6 Å². The lowest BCUT2D eigenvalue weighted by Crippen LogP contribution is -2.40. The normalized spacial score (nSPS) is 17.6. The molecule has 0 saturated carbocycles. The van der Waals surface area contributed by atoms with Crippen LogP contribution in [0.3, 0.4) is 0 Å². The molecule has 1 saturated heterocycles. The van der Waals surface area contributed by atoms with E-state index in [-0.39, 0.29) is 37.2 Å². The highest BCUT2D eigenvalue weighted by atomic mass is 19.4. The van der Waals surface area contributed by atoms with Crippen LogP contribution >= 0.6 is 0 Å². The molecule has 1 fully saturated rings. The van der Waals surface area contributed by atoms with Crippen LogP contribution in [0.4, 0.5) is 30.6 Å². The van der Waals surface area contributed by atoms with E-state index in [2.05, 4.69) is 20.6 Å². The number of aromatic nitrogens is 4. The van der Waals surface area contributed by atoms with Gasteiger partial charge in [0.05, 0.1) is 35.3 Å². The first-order valence-corrected chi connectivity index (χ1v) is 12.2. The number of pyridine rings is 2. The van der Waals surface area contributed by atoms with Crippen LogP contribution in [0.15, 0.2) is 53.6 Å². The monoisotopic (exact) mass is 558 g/mol. The minimum atomic E-state index is -4.74. The number of nitrogens with one attached hydrogen (secondary N) is 2. The number of aliphatic hydroxyl groups is 1. The fraction of sp³-hybridized carbons (Fsp3) is 0.308. The largest absolute Gasteiger partial charge is 0.457 e. The number of carbonyl (C=O) groups is 1. The summed E-state index contributed by atoms with van der Waals surface area (Å²) in [5, 5.41) is 15.7. The molecule has 1 aliphatic heterocycles. The standard InChI is InChI=1S/C26H25F3N6O5/c1-14(36)31-23-11-17(5-7-30-23)40-16-3-4-18-20(10-16)34(2)25(32-18)33-19-9-15(26(27,28)29)12-35(24(19)38)21-13-39-8-6-22(21)37/h3-5,7,9-12,21-22,37H,6,8,13H2,1-2H3,(H,32,33)(H,30,31,36)/t21-,22-/m1/s1. The van der Waals surface area contributed by atoms with Gasteiger partial charge in [-0.2, -0.15) is 13.2 Å². The predicted molar refractivity (Wildman–Crippen MR) is 139 cm³/mol. The van der Waals surface area contributed by atoms with Crippen LogP contribution in [0, 0.1) is 0 Å². The quantitative estimate of drug-likeness (QED) is 0.324. The lowest BCUT2D eigenvalue weighted by Gasteiger charge is -2.30. The number of anilines is 3. The molecule has 4 aromatic rings. The van der Waals surface area contributed by atoms with E-state index in [1.54, 1.807) is 41.9 Å². The van der Waals surface area contributed by atoms with Crippen LogP contribution in [0.1, 0.15) is 24.9 Å². The van der Waals surface area contributed by atoms with Gasteiger partial charge in [-0.25, -0.2) is 9.97 Å². The highest BCUT2D eigenvalue weighted by Gasteiger charge is 2.35. The van der Waals surface area contributed by atoms with E-state index in [9.17, 15) is 27.9 Å². The summed E-state index contributed by atoms with van der Waals surface area (Å²) >= 11 is 0. The molecule has 40 heavy (non-hydrogen) atoms. The number of aryl methyl sites for hydroxylation is 1. The summed E-state index contributed by atoms with van der Waals surface area (Å²) in [4.78, 5) is 33.0. The molecule has 0 bridgehead atoms. The minimum absolute atomic E-state index is 0.0966. The maximum Gasteiger partial charge on any atom is 0.417 e. The molecule has 0 spiro atoms. The summed E-state index contributed by atoms with van der Waals surface area (Å²) in [5.41, 5.74) is -1.11. The fourth-order valence-electron chi connectivity index (χ4n) is 4.40. The number of ether oxygens (including phenoxy) is 2. The molecule has 3 aromatic heterocycles. The summed E-state index contributed by atoms with van der Waals surface area (Å²) in [6.45, 7) is 1.51. The maximum absolute atomic E-state index is 13.7. The summed E-state index contributed by atoms with van der Waals surface area (Å²) in [6.07, 6.45) is -3.40. The SMILES string of the molecule is CC(=O)Nc1cc(Oc2ccc3nc(Nc4cc(C(F)(F)F)cn([C@@H]5COCC[C@H]5O)c4=O)n(C)c3c2)ccn1. The first-order chi connectivity index (χ1) is 19.0. The van der Waals surface area contributed by atoms with Gasteiger partial charge in [-0.05, 0) is 30.7 Å². The molecule has 0 aliphatic carbocycles. The topological polar surface area (TPSA) is 133 Å². The minimum Gasteiger partial charge on any atom is -0.457 e. The zero-order valence-corrected chi connectivity index (χ0v) is 21.4. The van der Waals surface area contributed by atoms with Gasteiger partial charge in [-0.1, -0.05) is 0 Å². The van der Waals surface area contributed by atoms with E-state index in [1.165, 1.54) is 13.1 Å². The number of imidazole rings is 1. The van der Waals surface area contributed by atoms with Crippen LogP contribution in [-0.2, 0) is 22.8 Å². The molecule has 0 unspecified atom stereocenters. The molecule has 1 aliphatic rings. The van der Waals surface area contributed by atoms with Crippen LogP contribution < -0.4 is 20.9 Å². The van der Waals surface area contributed by atoms with Gasteiger partial charge < -0.3 is 34.3 Å². The zero-order valence-electron chi connectivity index (χ0n) is 21.4. The Morgan fingerprint density at radius 1 is 1.20 bits per heavy atom. The van der Waals surface area contributed by atoms with E-state index >= 15 is 0 Å². The Labute approximate surface area is 225 Å². The van der Waals surface area contributed by atoms with Gasteiger partial charge in [0.25, 0.3) is 5.56 Å². The molecule has 210 valence electrons. The molecule has 5 rings (SSSR count). The van der Waals surface area contributed by atoms with E-state index in [0.29, 0.717) is 34.5 Å². The molecular formula is C26H25F3N6O5. The lowest BCUT2D eigenvalue weighted by atomic mass is 10.1. The molecule has 2 atom stereocenters. The number of rotatable bonds is 6. The van der Waals surface area contributed by atoms with Gasteiger partial charge in [0.1, 0.15) is 23.0 Å². The Kier molecular flexibility index (Phi) is 7.21. The second-order valence-corrected chi connectivity index (χ2v) is 9.28. The van der Waals surface area contributed by atoms with Crippen molar-refractivity contribution in [2.24, 2.45) is 7.05 Å². The highest BCUT2D eigenvalue weighted by Crippen LogP contribution is 2.33. The van der Waals surface area contributed by atoms with Crippen LogP contribution in [0.5, 0.6) is 11.5 Å². The first kappa shape index (κ1) is 27.1. The molecule has 1 aromatic carbocycles. The zero-order chi connectivity index (χ0) is 28.6. The number of hydrogen-bond donors (Lipinski definition) is 3. The van der Waals surface area contributed by atoms with Gasteiger partial charge in [-0.3, -0.25) is 9.59 Å². The summed E-state index contributed by atoms with van der Waals surface area (Å²) < 4.78 is 54.9. The van der Waals surface area contributed by atoms with Gasteiger partial charge in [0, 0.05) is 45.1 Å². The van der Waals surface area contributed by atoms with Crippen molar-refractivity contribution in [1.82, 2.24) is 19.1 Å². The predicted octanol–water partition coefficient (Wildman–Crippen LogP) is 3.97. The van der Waals surface area contributed by atoms with Crippen molar-refractivity contribution in [2.75, 3.05) is 23.8 Å². The number of aliphatic hydroxyl groups excluding tert-OH is 1. The van der Waals surface area contributed by atoms with Gasteiger partial charge in [0.2, 0.25) is 11.9 Å². The third kappa shape index (κ3) is 5.62. The van der Waals surface area contributed by atoms with Crippen molar-refractivity contribution in [3.8, 4) is 11.5 Å². The van der Waals surface area contributed by atoms with Crippen LogP contribution in [-0.4, -0.2) is 49.4 Å². The second kappa shape index (κ2) is 10.6. The third-order valence-electron chi connectivity index (χ3n) is 6.39. The van der Waals surface area contributed by atoms with Crippen molar-refractivity contribution < 1.29 is 32.5 Å². The average molecular weight is 559 g/mol. The molecule has 1 amide bonds. The summed E-state index contributed by atoms with van der Waals surface area (Å²) in [5.74, 6) is 0.994. The second-order valence-electron chi connectivity index (χ2n) is 9.28. The highest BCUT2D eigenvalue weighted by molar-refractivity contribution is 5.87. The Hall–Kier alpha value is -4.43. The maximum atomic E-state index is 13.7. The average Bonchev–Trinajstić information content (AvgIpc) is 3.19. The number of nitrogens with zero attached hydrogens (tertiary/aromatic N) is 4. The Morgan fingerprint density at radius 2 is 1.98 bits per heavy atom. The van der Waals surface area contributed by atoms with E-state index < -0.39 is 29.4 Å².